The molecule has 0 radical (unpaired) electrons. The fourth-order valence-electron chi connectivity index (χ4n) is 4.71. The summed E-state index contributed by atoms with van der Waals surface area (Å²) in [4.78, 5) is 12.8. The Morgan fingerprint density at radius 1 is 0.968 bits per heavy atom. The molecule has 1 saturated carbocycles. The standard InChI is InChI=1S/C23H41N2O3PSi2/c1-27-23(26)22(19-13-9-8-10-14-19)28-29-24(17-30(2,3)4)20-15-11-12-16-21(20)25(29)18-31(5,6)7/h8-10,13-14,20-22H,11-12,15-18H2,1-7H3/t20-,21-,22-/m1/s1. The normalized spacial score (nSPS) is 24.7. The monoisotopic (exact) mass is 480 g/mol. The number of carbonyl (C=O) groups is 1. The predicted molar refractivity (Wildman–Crippen MR) is 135 cm³/mol. The van der Waals surface area contributed by atoms with Gasteiger partial charge >= 0.3 is 5.97 Å². The number of carbonyl (C=O) groups excluding carboxylic acids is 1. The highest BCUT2D eigenvalue weighted by Gasteiger charge is 2.52. The van der Waals surface area contributed by atoms with E-state index in [2.05, 4.69) is 48.6 Å². The molecule has 2 fully saturated rings. The van der Waals surface area contributed by atoms with Crippen molar-refractivity contribution in [3.8, 4) is 0 Å². The molecule has 1 saturated heterocycles. The number of nitrogens with zero attached hydrogens (tertiary/aromatic N) is 2. The number of fused-ring (bicyclic) bond motifs is 1. The van der Waals surface area contributed by atoms with Crippen LogP contribution in [0.15, 0.2) is 30.3 Å². The number of benzene rings is 1. The van der Waals surface area contributed by atoms with Crippen molar-refractivity contribution < 1.29 is 14.1 Å². The van der Waals surface area contributed by atoms with E-state index in [0.29, 0.717) is 12.1 Å². The predicted octanol–water partition coefficient (Wildman–Crippen LogP) is 5.83. The van der Waals surface area contributed by atoms with Crippen LogP contribution in [0.25, 0.3) is 0 Å². The van der Waals surface area contributed by atoms with Crippen molar-refractivity contribution in [1.82, 2.24) is 9.34 Å². The first-order valence-electron chi connectivity index (χ1n) is 11.6. The minimum absolute atomic E-state index is 0.301. The summed E-state index contributed by atoms with van der Waals surface area (Å²) in [6.07, 6.45) is 6.64. The van der Waals surface area contributed by atoms with E-state index in [-0.39, 0.29) is 5.97 Å². The molecule has 1 aromatic rings. The van der Waals surface area contributed by atoms with Crippen molar-refractivity contribution in [3.63, 3.8) is 0 Å². The first-order chi connectivity index (χ1) is 14.5. The van der Waals surface area contributed by atoms with E-state index in [9.17, 15) is 4.79 Å². The van der Waals surface area contributed by atoms with E-state index in [0.717, 1.165) is 17.9 Å². The fraction of sp³-hybridized carbons (Fsp3) is 0.696. The van der Waals surface area contributed by atoms with Gasteiger partial charge in [-0.05, 0) is 30.7 Å². The second-order valence-electron chi connectivity index (χ2n) is 11.4. The number of hydrogen-bond acceptors (Lipinski definition) is 5. The van der Waals surface area contributed by atoms with Gasteiger partial charge in [0.15, 0.2) is 14.6 Å². The molecule has 0 N–H and O–H groups in total. The van der Waals surface area contributed by atoms with Crippen LogP contribution in [0, 0.1) is 0 Å². The average Bonchev–Trinajstić information content (AvgIpc) is 2.96. The molecular formula is C23H41N2O3PSi2. The van der Waals surface area contributed by atoms with E-state index in [4.69, 9.17) is 9.26 Å². The summed E-state index contributed by atoms with van der Waals surface area (Å²) >= 11 is 0. The lowest BCUT2D eigenvalue weighted by Gasteiger charge is -2.37. The second-order valence-corrected chi connectivity index (χ2v) is 24.0. The van der Waals surface area contributed by atoms with Crippen LogP contribution in [0.2, 0.25) is 39.3 Å². The molecule has 1 aliphatic heterocycles. The number of rotatable bonds is 8. The van der Waals surface area contributed by atoms with Gasteiger partial charge in [0.1, 0.15) is 0 Å². The van der Waals surface area contributed by atoms with Crippen LogP contribution >= 0.6 is 8.45 Å². The number of hydrogen-bond donors (Lipinski definition) is 0. The summed E-state index contributed by atoms with van der Waals surface area (Å²) in [6.45, 7) is 14.6. The maximum atomic E-state index is 12.8. The molecule has 174 valence electrons. The Labute approximate surface area is 192 Å². The zero-order chi connectivity index (χ0) is 22.8. The van der Waals surface area contributed by atoms with Crippen LogP contribution < -0.4 is 0 Å². The Kier molecular flexibility index (Phi) is 8.20. The molecule has 1 heterocycles. The summed E-state index contributed by atoms with van der Waals surface area (Å²) in [6, 6.07) is 11.0. The van der Waals surface area contributed by atoms with Crippen LogP contribution in [0.1, 0.15) is 37.4 Å². The zero-order valence-corrected chi connectivity index (χ0v) is 23.3. The van der Waals surface area contributed by atoms with E-state index in [1.807, 2.05) is 30.3 Å². The molecule has 0 amide bonds. The molecule has 8 heteroatoms. The Bertz CT molecular complexity index is 707. The Hall–Kier alpha value is -0.566. The highest BCUT2D eigenvalue weighted by Crippen LogP contribution is 2.60. The van der Waals surface area contributed by atoms with Gasteiger partial charge in [-0.15, -0.1) is 0 Å². The molecule has 0 unspecified atom stereocenters. The van der Waals surface area contributed by atoms with E-state index in [1.54, 1.807) is 0 Å². The molecule has 2 aliphatic rings. The highest BCUT2D eigenvalue weighted by molar-refractivity contribution is 7.48. The number of methoxy groups -OCH3 is 1. The van der Waals surface area contributed by atoms with Gasteiger partial charge < -0.3 is 9.26 Å². The molecule has 0 spiro atoms. The van der Waals surface area contributed by atoms with Crippen molar-refractivity contribution >= 4 is 30.6 Å². The minimum Gasteiger partial charge on any atom is -0.467 e. The number of esters is 1. The average molecular weight is 481 g/mol. The third kappa shape index (κ3) is 6.49. The molecule has 31 heavy (non-hydrogen) atoms. The zero-order valence-electron chi connectivity index (χ0n) is 20.4. The van der Waals surface area contributed by atoms with Gasteiger partial charge in [-0.25, -0.2) is 14.1 Å². The van der Waals surface area contributed by atoms with Gasteiger partial charge in [0.25, 0.3) is 0 Å². The van der Waals surface area contributed by atoms with Gasteiger partial charge in [-0.3, -0.25) is 0 Å². The molecular weight excluding hydrogens is 439 g/mol. The fourth-order valence-corrected chi connectivity index (χ4v) is 12.6. The molecule has 5 nitrogen and oxygen atoms in total. The van der Waals surface area contributed by atoms with Crippen molar-refractivity contribution in [1.29, 1.82) is 0 Å². The molecule has 3 atom stereocenters. The third-order valence-corrected chi connectivity index (χ3v) is 11.2. The quantitative estimate of drug-likeness (QED) is 0.266. The van der Waals surface area contributed by atoms with Gasteiger partial charge in [0.2, 0.25) is 0 Å². The van der Waals surface area contributed by atoms with Gasteiger partial charge in [0, 0.05) is 12.1 Å². The Morgan fingerprint density at radius 3 is 1.87 bits per heavy atom. The molecule has 0 aromatic heterocycles. The van der Waals surface area contributed by atoms with Crippen LogP contribution in [-0.4, -0.2) is 63.0 Å². The number of ether oxygens (including phenoxy) is 1. The van der Waals surface area contributed by atoms with Crippen LogP contribution in [0.3, 0.4) is 0 Å². The maximum Gasteiger partial charge on any atom is 0.340 e. The molecule has 1 aliphatic carbocycles. The first-order valence-corrected chi connectivity index (χ1v) is 20.2. The van der Waals surface area contributed by atoms with Gasteiger partial charge in [-0.1, -0.05) is 82.5 Å². The molecule has 3 rings (SSSR count). The third-order valence-electron chi connectivity index (χ3n) is 5.89. The molecule has 1 aromatic carbocycles. The van der Waals surface area contributed by atoms with Crippen LogP contribution in [0.4, 0.5) is 0 Å². The van der Waals surface area contributed by atoms with Crippen molar-refractivity contribution in [2.45, 2.75) is 83.2 Å². The lowest BCUT2D eigenvalue weighted by Crippen LogP contribution is -2.46. The van der Waals surface area contributed by atoms with Crippen LogP contribution in [-0.2, 0) is 14.1 Å². The van der Waals surface area contributed by atoms with Gasteiger partial charge in [-0.2, -0.15) is 0 Å². The smallest absolute Gasteiger partial charge is 0.340 e. The van der Waals surface area contributed by atoms with Crippen molar-refractivity contribution in [2.24, 2.45) is 0 Å². The SMILES string of the molecule is COC(=O)[C@H](OP1N(C[Si](C)(C)C)[C@@H]2CCCC[C@H]2N1C[Si](C)(C)C)c1ccccc1. The molecule has 0 bridgehead atoms. The van der Waals surface area contributed by atoms with E-state index < -0.39 is 30.7 Å². The second kappa shape index (κ2) is 10.1. The lowest BCUT2D eigenvalue weighted by molar-refractivity contribution is -0.149. The minimum atomic E-state index is -1.36. The van der Waals surface area contributed by atoms with Crippen molar-refractivity contribution in [3.05, 3.63) is 35.9 Å². The lowest BCUT2D eigenvalue weighted by atomic mass is 9.90. The largest absolute Gasteiger partial charge is 0.467 e. The highest BCUT2D eigenvalue weighted by atomic mass is 31.2. The first kappa shape index (κ1) is 25.1. The van der Waals surface area contributed by atoms with E-state index in [1.165, 1.54) is 32.8 Å². The summed E-state index contributed by atoms with van der Waals surface area (Å²) < 4.78 is 17.4. The summed E-state index contributed by atoms with van der Waals surface area (Å²) in [5.41, 5.74) is 0.882. The Balaban J connectivity index is 1.99. The van der Waals surface area contributed by atoms with Gasteiger partial charge in [0.05, 0.1) is 23.3 Å². The van der Waals surface area contributed by atoms with Crippen LogP contribution in [0.5, 0.6) is 0 Å². The Morgan fingerprint density at radius 2 is 1.45 bits per heavy atom. The summed E-state index contributed by atoms with van der Waals surface area (Å²) in [5, 5.41) is 0. The maximum absolute atomic E-state index is 12.8. The summed E-state index contributed by atoms with van der Waals surface area (Å²) in [7, 11) is -2.28. The topological polar surface area (TPSA) is 42.0 Å². The van der Waals surface area contributed by atoms with Crippen molar-refractivity contribution in [2.75, 3.05) is 19.4 Å². The van der Waals surface area contributed by atoms with E-state index >= 15 is 0 Å². The summed E-state index contributed by atoms with van der Waals surface area (Å²) in [5.74, 6) is -0.301.